The summed E-state index contributed by atoms with van der Waals surface area (Å²) in [6.07, 6.45) is 1.16. The van der Waals surface area contributed by atoms with Gasteiger partial charge in [0.25, 0.3) is 5.56 Å². The molecule has 3 heterocycles. The van der Waals surface area contributed by atoms with E-state index in [0.717, 1.165) is 43.9 Å². The Morgan fingerprint density at radius 1 is 1.28 bits per heavy atom. The predicted molar refractivity (Wildman–Crippen MR) is 99.2 cm³/mol. The molecule has 1 fully saturated rings. The fourth-order valence-corrected chi connectivity index (χ4v) is 4.75. The molecule has 1 N–H and O–H groups in total. The number of nitrogens with zero attached hydrogens (tertiary/aromatic N) is 2. The van der Waals surface area contributed by atoms with E-state index >= 15 is 0 Å². The van der Waals surface area contributed by atoms with E-state index in [0.29, 0.717) is 22.1 Å². The fraction of sp³-hybridized carbons (Fsp3) is 0.421. The number of fused-ring (bicyclic) bond motifs is 4. The van der Waals surface area contributed by atoms with Crippen molar-refractivity contribution in [2.24, 2.45) is 5.92 Å². The van der Waals surface area contributed by atoms with Gasteiger partial charge in [-0.05, 0) is 52.0 Å². The molecule has 25 heavy (non-hydrogen) atoms. The first-order valence-corrected chi connectivity index (χ1v) is 9.32. The lowest BCUT2D eigenvalue weighted by Crippen LogP contribution is -2.46. The first kappa shape index (κ1) is 16.7. The number of hydrogen-bond donors (Lipinski definition) is 1. The summed E-state index contributed by atoms with van der Waals surface area (Å²) < 4.78 is 7.86. The van der Waals surface area contributed by atoms with Gasteiger partial charge in [0.15, 0.2) is 11.5 Å². The molecule has 2 aliphatic heterocycles. The topological polar surface area (TPSA) is 54.7 Å². The van der Waals surface area contributed by atoms with Crippen LogP contribution in [0.4, 0.5) is 0 Å². The van der Waals surface area contributed by atoms with Crippen molar-refractivity contribution in [2.45, 2.75) is 25.4 Å². The summed E-state index contributed by atoms with van der Waals surface area (Å²) in [4.78, 5) is 14.6. The van der Waals surface area contributed by atoms with Gasteiger partial charge in [0.05, 0.1) is 11.6 Å². The zero-order valence-electron chi connectivity index (χ0n) is 14.1. The number of pyridine rings is 1. The summed E-state index contributed by atoms with van der Waals surface area (Å²) in [6.45, 7) is 3.54. The third-order valence-corrected chi connectivity index (χ3v) is 5.87. The molecule has 6 heteroatoms. The van der Waals surface area contributed by atoms with Crippen LogP contribution in [0.5, 0.6) is 11.5 Å². The molecule has 0 radical (unpaired) electrons. The molecule has 0 amide bonds. The number of hydrogen-bond acceptors (Lipinski definition) is 4. The maximum atomic E-state index is 12.1. The van der Waals surface area contributed by atoms with Gasteiger partial charge < -0.3 is 14.4 Å². The number of methoxy groups -OCH3 is 1. The third-order valence-electron chi connectivity index (χ3n) is 5.27. The van der Waals surface area contributed by atoms with Crippen LogP contribution in [-0.2, 0) is 13.1 Å². The normalized spacial score (nSPS) is 22.5. The molecule has 2 bridgehead atoms. The lowest BCUT2D eigenvalue weighted by atomic mass is 9.83. The van der Waals surface area contributed by atoms with Crippen LogP contribution in [0.15, 0.2) is 39.6 Å². The lowest BCUT2D eigenvalue weighted by molar-refractivity contribution is 0.114. The number of aromatic hydroxyl groups is 1. The Kier molecular flexibility index (Phi) is 4.33. The minimum Gasteiger partial charge on any atom is -0.503 e. The average molecular weight is 405 g/mol. The zero-order chi connectivity index (χ0) is 17.6. The number of rotatable bonds is 3. The van der Waals surface area contributed by atoms with Gasteiger partial charge in [-0.25, -0.2) is 0 Å². The maximum Gasteiger partial charge on any atom is 0.250 e. The number of likely N-dealkylation sites (tertiary alicyclic amines) is 1. The van der Waals surface area contributed by atoms with E-state index in [1.54, 1.807) is 13.2 Å². The SMILES string of the molecule is COc1cc(CN2CC3C[C@H](C2)Cn2c3cccc2=O)cc(Br)c1O. The Bertz CT molecular complexity index is 864. The molecule has 2 aromatic rings. The molecule has 132 valence electrons. The lowest BCUT2D eigenvalue weighted by Gasteiger charge is -2.42. The predicted octanol–water partition coefficient (Wildman–Crippen LogP) is 2.94. The van der Waals surface area contributed by atoms with Crippen LogP contribution in [-0.4, -0.2) is 34.8 Å². The highest BCUT2D eigenvalue weighted by molar-refractivity contribution is 9.10. The van der Waals surface area contributed by atoms with Crippen LogP contribution in [0.25, 0.3) is 0 Å². The highest BCUT2D eigenvalue weighted by Crippen LogP contribution is 2.38. The van der Waals surface area contributed by atoms with E-state index in [9.17, 15) is 9.90 Å². The van der Waals surface area contributed by atoms with E-state index in [-0.39, 0.29) is 11.3 Å². The molecular weight excluding hydrogens is 384 g/mol. The summed E-state index contributed by atoms with van der Waals surface area (Å²) in [7, 11) is 1.56. The molecule has 5 nitrogen and oxygen atoms in total. The van der Waals surface area contributed by atoms with E-state index < -0.39 is 0 Å². The summed E-state index contributed by atoms with van der Waals surface area (Å²) >= 11 is 3.39. The van der Waals surface area contributed by atoms with Crippen molar-refractivity contribution in [3.63, 3.8) is 0 Å². The van der Waals surface area contributed by atoms with Crippen molar-refractivity contribution in [3.8, 4) is 11.5 Å². The minimum atomic E-state index is 0.118. The van der Waals surface area contributed by atoms with E-state index in [2.05, 4.69) is 26.9 Å². The molecule has 1 aromatic carbocycles. The molecule has 0 spiro atoms. The van der Waals surface area contributed by atoms with Gasteiger partial charge in [0, 0.05) is 43.9 Å². The van der Waals surface area contributed by atoms with Crippen LogP contribution >= 0.6 is 15.9 Å². The van der Waals surface area contributed by atoms with Gasteiger partial charge in [-0.2, -0.15) is 0 Å². The molecule has 2 atom stereocenters. The molecule has 1 aromatic heterocycles. The van der Waals surface area contributed by atoms with E-state index in [4.69, 9.17) is 4.74 Å². The van der Waals surface area contributed by atoms with E-state index in [1.165, 1.54) is 0 Å². The molecule has 1 unspecified atom stereocenters. The van der Waals surface area contributed by atoms with Crippen molar-refractivity contribution in [1.29, 1.82) is 0 Å². The standard InChI is InChI=1S/C19H21BrN2O3/c1-25-17-7-12(6-15(20)19(17)24)8-21-9-13-5-14(11-21)16-3-2-4-18(23)22(16)10-13/h2-4,6-7,13-14,24H,5,8-11H2,1H3/t13-,14?/m1/s1. The van der Waals surface area contributed by atoms with Crippen LogP contribution in [0, 0.1) is 5.92 Å². The van der Waals surface area contributed by atoms with Crippen molar-refractivity contribution < 1.29 is 9.84 Å². The number of phenols is 1. The molecule has 0 saturated carbocycles. The van der Waals surface area contributed by atoms with Gasteiger partial charge in [-0.1, -0.05) is 6.07 Å². The first-order valence-electron chi connectivity index (χ1n) is 8.52. The molecule has 2 aliphatic rings. The Labute approximate surface area is 155 Å². The van der Waals surface area contributed by atoms with Crippen LogP contribution in [0.3, 0.4) is 0 Å². The first-order chi connectivity index (χ1) is 12.0. The number of aromatic nitrogens is 1. The molecule has 0 aliphatic carbocycles. The smallest absolute Gasteiger partial charge is 0.250 e. The van der Waals surface area contributed by atoms with Gasteiger partial charge >= 0.3 is 0 Å². The second kappa shape index (κ2) is 6.50. The summed E-state index contributed by atoms with van der Waals surface area (Å²) in [5.41, 5.74) is 2.39. The summed E-state index contributed by atoms with van der Waals surface area (Å²) in [5, 5.41) is 9.98. The molecular formula is C19H21BrN2O3. The Morgan fingerprint density at radius 3 is 2.92 bits per heavy atom. The zero-order valence-corrected chi connectivity index (χ0v) is 15.7. The second-order valence-corrected chi connectivity index (χ2v) is 7.88. The van der Waals surface area contributed by atoms with Crippen LogP contribution in [0.1, 0.15) is 23.6 Å². The summed E-state index contributed by atoms with van der Waals surface area (Å²) in [5.74, 6) is 1.53. The molecule has 1 saturated heterocycles. The third kappa shape index (κ3) is 3.09. The minimum absolute atomic E-state index is 0.118. The number of phenolic OH excluding ortho intramolecular Hbond substituents is 1. The van der Waals surface area contributed by atoms with Crippen molar-refractivity contribution in [3.05, 3.63) is 56.4 Å². The quantitative estimate of drug-likeness (QED) is 0.854. The highest BCUT2D eigenvalue weighted by atomic mass is 79.9. The largest absolute Gasteiger partial charge is 0.503 e. The second-order valence-electron chi connectivity index (χ2n) is 7.02. The Hall–Kier alpha value is -1.79. The monoisotopic (exact) mass is 404 g/mol. The van der Waals surface area contributed by atoms with Gasteiger partial charge in [0.2, 0.25) is 0 Å². The fourth-order valence-electron chi connectivity index (χ4n) is 4.26. The van der Waals surface area contributed by atoms with Gasteiger partial charge in [-0.3, -0.25) is 9.69 Å². The number of piperidine rings is 1. The maximum absolute atomic E-state index is 12.1. The van der Waals surface area contributed by atoms with Gasteiger partial charge in [0.1, 0.15) is 0 Å². The Balaban J connectivity index is 1.57. The van der Waals surface area contributed by atoms with Crippen LogP contribution < -0.4 is 10.3 Å². The summed E-state index contributed by atoms with van der Waals surface area (Å²) in [6, 6.07) is 9.45. The Morgan fingerprint density at radius 2 is 2.12 bits per heavy atom. The van der Waals surface area contributed by atoms with Crippen molar-refractivity contribution in [2.75, 3.05) is 20.2 Å². The average Bonchev–Trinajstić information content (AvgIpc) is 2.59. The number of halogens is 1. The van der Waals surface area contributed by atoms with Crippen molar-refractivity contribution >= 4 is 15.9 Å². The molecule has 4 rings (SSSR count). The van der Waals surface area contributed by atoms with Crippen molar-refractivity contribution in [1.82, 2.24) is 9.47 Å². The number of ether oxygens (including phenoxy) is 1. The van der Waals surface area contributed by atoms with E-state index in [1.807, 2.05) is 22.8 Å². The highest BCUT2D eigenvalue weighted by Gasteiger charge is 2.34. The van der Waals surface area contributed by atoms with Gasteiger partial charge in [-0.15, -0.1) is 0 Å². The number of benzene rings is 1. The van der Waals surface area contributed by atoms with Crippen LogP contribution in [0.2, 0.25) is 0 Å².